The number of hydrogen-bond acceptors (Lipinski definition) is 4. The van der Waals surface area contributed by atoms with E-state index in [0.717, 1.165) is 4.90 Å². The van der Waals surface area contributed by atoms with Gasteiger partial charge in [-0.1, -0.05) is 12.1 Å². The lowest BCUT2D eigenvalue weighted by atomic mass is 10.1. The third-order valence-corrected chi connectivity index (χ3v) is 5.26. The summed E-state index contributed by atoms with van der Waals surface area (Å²) in [6.07, 6.45) is 2.09. The predicted molar refractivity (Wildman–Crippen MR) is 105 cm³/mol. The van der Waals surface area contributed by atoms with Gasteiger partial charge in [0.15, 0.2) is 0 Å². The summed E-state index contributed by atoms with van der Waals surface area (Å²) in [5, 5.41) is 0. The second-order valence-electron chi connectivity index (χ2n) is 7.11. The molecule has 150 valence electrons. The van der Waals surface area contributed by atoms with Crippen molar-refractivity contribution in [3.8, 4) is 5.69 Å². The first kappa shape index (κ1) is 18.1. The Kier molecular flexibility index (Phi) is 4.13. The number of carbonyl (C=O) groups excluding carboxylic acids is 3. The van der Waals surface area contributed by atoms with Crippen LogP contribution in [0.5, 0.6) is 0 Å². The monoisotopic (exact) mass is 405 g/mol. The van der Waals surface area contributed by atoms with Gasteiger partial charge in [-0.3, -0.25) is 19.4 Å². The Morgan fingerprint density at radius 1 is 0.933 bits per heavy atom. The maximum atomic E-state index is 14.6. The third kappa shape index (κ3) is 2.85. The Morgan fingerprint density at radius 3 is 2.23 bits per heavy atom. The van der Waals surface area contributed by atoms with Crippen LogP contribution in [0.1, 0.15) is 20.7 Å². The molecule has 1 fully saturated rings. The Hall–Kier alpha value is -3.94. The molecule has 0 bridgehead atoms. The van der Waals surface area contributed by atoms with E-state index in [2.05, 4.69) is 0 Å². The molecule has 3 aromatic rings. The van der Waals surface area contributed by atoms with Crippen molar-refractivity contribution in [1.29, 1.82) is 0 Å². The molecule has 0 aliphatic carbocycles. The molecule has 2 aliphatic heterocycles. The van der Waals surface area contributed by atoms with E-state index in [0.29, 0.717) is 22.5 Å². The second kappa shape index (κ2) is 6.84. The van der Waals surface area contributed by atoms with Crippen LogP contribution in [-0.4, -0.2) is 46.6 Å². The summed E-state index contributed by atoms with van der Waals surface area (Å²) in [6, 6.07) is 14.6. The van der Waals surface area contributed by atoms with Gasteiger partial charge in [-0.2, -0.15) is 0 Å². The zero-order chi connectivity index (χ0) is 20.8. The summed E-state index contributed by atoms with van der Waals surface area (Å²) in [7, 11) is 0. The van der Waals surface area contributed by atoms with Gasteiger partial charge >= 0.3 is 6.09 Å². The van der Waals surface area contributed by atoms with Gasteiger partial charge in [-0.15, -0.1) is 0 Å². The average Bonchev–Trinajstić information content (AvgIpc) is 3.45. The number of nitrogens with zero attached hydrogens (tertiary/aromatic N) is 3. The topological polar surface area (TPSA) is 71.9 Å². The first-order chi connectivity index (χ1) is 14.5. The zero-order valence-corrected chi connectivity index (χ0v) is 15.7. The smallest absolute Gasteiger partial charge is 0.414 e. The molecule has 30 heavy (non-hydrogen) atoms. The minimum Gasteiger partial charge on any atom is -0.442 e. The van der Waals surface area contributed by atoms with E-state index < -0.39 is 29.8 Å². The van der Waals surface area contributed by atoms with Crippen LogP contribution >= 0.6 is 0 Å². The molecule has 3 heterocycles. The average molecular weight is 405 g/mol. The number of benzene rings is 2. The summed E-state index contributed by atoms with van der Waals surface area (Å²) in [6.45, 7) is 0.0487. The number of carbonyl (C=O) groups is 3. The first-order valence-electron chi connectivity index (χ1n) is 9.39. The lowest BCUT2D eigenvalue weighted by Crippen LogP contribution is -2.38. The van der Waals surface area contributed by atoms with Crippen molar-refractivity contribution in [3.63, 3.8) is 0 Å². The molecule has 0 unspecified atom stereocenters. The molecule has 2 aromatic carbocycles. The molecule has 3 amide bonds. The molecule has 8 heteroatoms. The molecule has 1 atom stereocenters. The number of anilines is 1. The van der Waals surface area contributed by atoms with Gasteiger partial charge in [-0.05, 0) is 42.5 Å². The lowest BCUT2D eigenvalue weighted by Gasteiger charge is -2.18. The van der Waals surface area contributed by atoms with Gasteiger partial charge in [0.1, 0.15) is 11.9 Å². The summed E-state index contributed by atoms with van der Waals surface area (Å²) in [4.78, 5) is 39.8. The van der Waals surface area contributed by atoms with E-state index in [-0.39, 0.29) is 13.1 Å². The number of cyclic esters (lactones) is 1. The highest BCUT2D eigenvalue weighted by Gasteiger charge is 2.40. The van der Waals surface area contributed by atoms with E-state index >= 15 is 0 Å². The normalized spacial score (nSPS) is 18.2. The standard InChI is InChI=1S/C22H16FN3O4/c23-18-11-14(7-8-19(18)24-9-3-4-10-24)25-12-15(30-22(25)29)13-26-20(27)16-5-1-2-6-17(16)21(26)28/h1-11,15H,12-13H2/t15-/m1/s1. The summed E-state index contributed by atoms with van der Waals surface area (Å²) in [5.41, 5.74) is 1.38. The van der Waals surface area contributed by atoms with Crippen LogP contribution in [-0.2, 0) is 4.74 Å². The zero-order valence-electron chi connectivity index (χ0n) is 15.7. The van der Waals surface area contributed by atoms with Crippen molar-refractivity contribution in [3.05, 3.63) is 83.9 Å². The number of ether oxygens (including phenoxy) is 1. The molecule has 5 rings (SSSR count). The van der Waals surface area contributed by atoms with Crippen molar-refractivity contribution in [2.45, 2.75) is 6.10 Å². The van der Waals surface area contributed by atoms with Crippen LogP contribution in [0.3, 0.4) is 0 Å². The van der Waals surface area contributed by atoms with Crippen LogP contribution in [0.15, 0.2) is 67.0 Å². The van der Waals surface area contributed by atoms with Gasteiger partial charge in [0.25, 0.3) is 11.8 Å². The number of aromatic nitrogens is 1. The van der Waals surface area contributed by atoms with E-state index in [1.807, 2.05) is 0 Å². The number of halogens is 1. The number of rotatable bonds is 4. The molecule has 0 saturated carbocycles. The van der Waals surface area contributed by atoms with Crippen LogP contribution in [0.4, 0.5) is 14.9 Å². The van der Waals surface area contributed by atoms with E-state index in [9.17, 15) is 18.8 Å². The number of amides is 3. The maximum Gasteiger partial charge on any atom is 0.414 e. The van der Waals surface area contributed by atoms with Gasteiger partial charge in [0.2, 0.25) is 0 Å². The highest BCUT2D eigenvalue weighted by atomic mass is 19.1. The van der Waals surface area contributed by atoms with E-state index in [1.54, 1.807) is 65.5 Å². The lowest BCUT2D eigenvalue weighted by molar-refractivity contribution is 0.0558. The van der Waals surface area contributed by atoms with Crippen molar-refractivity contribution in [2.24, 2.45) is 0 Å². The Morgan fingerprint density at radius 2 is 1.60 bits per heavy atom. The van der Waals surface area contributed by atoms with Gasteiger partial charge in [0, 0.05) is 12.4 Å². The summed E-state index contributed by atoms with van der Waals surface area (Å²) >= 11 is 0. The molecule has 0 spiro atoms. The SMILES string of the molecule is O=C1c2ccccc2C(=O)N1C[C@H]1CN(c2ccc(-n3cccc3)c(F)c2)C(=O)O1. The summed E-state index contributed by atoms with van der Waals surface area (Å²) in [5.74, 6) is -1.31. The maximum absolute atomic E-state index is 14.6. The van der Waals surface area contributed by atoms with Crippen molar-refractivity contribution in [1.82, 2.24) is 9.47 Å². The fourth-order valence-corrected chi connectivity index (χ4v) is 3.80. The molecule has 1 aromatic heterocycles. The van der Waals surface area contributed by atoms with Crippen LogP contribution < -0.4 is 4.90 Å². The molecule has 7 nitrogen and oxygen atoms in total. The fourth-order valence-electron chi connectivity index (χ4n) is 3.80. The second-order valence-corrected chi connectivity index (χ2v) is 7.11. The molecule has 1 saturated heterocycles. The van der Waals surface area contributed by atoms with Gasteiger partial charge in [0.05, 0.1) is 35.6 Å². The van der Waals surface area contributed by atoms with E-state index in [1.165, 1.54) is 11.0 Å². The van der Waals surface area contributed by atoms with Gasteiger partial charge in [-0.25, -0.2) is 9.18 Å². The number of hydrogen-bond donors (Lipinski definition) is 0. The fraction of sp³-hybridized carbons (Fsp3) is 0.136. The molecular weight excluding hydrogens is 389 g/mol. The highest BCUT2D eigenvalue weighted by molar-refractivity contribution is 6.21. The Bertz CT molecular complexity index is 1140. The molecule has 0 N–H and O–H groups in total. The van der Waals surface area contributed by atoms with Gasteiger partial charge < -0.3 is 9.30 Å². The van der Waals surface area contributed by atoms with Crippen molar-refractivity contribution in [2.75, 3.05) is 18.0 Å². The van der Waals surface area contributed by atoms with Crippen LogP contribution in [0.2, 0.25) is 0 Å². The minimum atomic E-state index is -0.702. The van der Waals surface area contributed by atoms with E-state index in [4.69, 9.17) is 4.74 Å². The Balaban J connectivity index is 1.33. The summed E-state index contributed by atoms with van der Waals surface area (Å²) < 4.78 is 21.5. The van der Waals surface area contributed by atoms with Crippen LogP contribution in [0, 0.1) is 5.82 Å². The highest BCUT2D eigenvalue weighted by Crippen LogP contribution is 2.28. The largest absolute Gasteiger partial charge is 0.442 e. The predicted octanol–water partition coefficient (Wildman–Crippen LogP) is 3.24. The van der Waals surface area contributed by atoms with Crippen molar-refractivity contribution >= 4 is 23.6 Å². The van der Waals surface area contributed by atoms with Crippen LogP contribution in [0.25, 0.3) is 5.69 Å². The minimum absolute atomic E-state index is 0.0570. The molecular formula is C22H16FN3O4. The number of fused-ring (bicyclic) bond motifs is 1. The quantitative estimate of drug-likeness (QED) is 0.625. The third-order valence-electron chi connectivity index (χ3n) is 5.26. The molecule has 2 aliphatic rings. The van der Waals surface area contributed by atoms with Crippen molar-refractivity contribution < 1.29 is 23.5 Å². The number of imide groups is 1. The first-order valence-corrected chi connectivity index (χ1v) is 9.39. The molecule has 0 radical (unpaired) electrons. The Labute approximate surface area is 170 Å².